The minimum Gasteiger partial charge on any atom is -0.496 e. The van der Waals surface area contributed by atoms with Crippen LogP contribution in [0.4, 0.5) is 0 Å². The molecule has 0 radical (unpaired) electrons. The fourth-order valence-corrected chi connectivity index (χ4v) is 2.63. The molecule has 2 aromatic carbocycles. The summed E-state index contributed by atoms with van der Waals surface area (Å²) < 4.78 is 6.33. The fraction of sp³-hybridized carbons (Fsp3) is 0.200. The summed E-state index contributed by atoms with van der Waals surface area (Å²) in [7, 11) is 1.64. The quantitative estimate of drug-likeness (QED) is 0.895. The first-order valence-corrected chi connectivity index (χ1v) is 7.05. The Bertz CT molecular complexity index is 601. The van der Waals surface area contributed by atoms with Crippen molar-refractivity contribution in [3.05, 3.63) is 62.6 Å². The maximum absolute atomic E-state index is 6.35. The van der Waals surface area contributed by atoms with Crippen LogP contribution in [0.3, 0.4) is 0 Å². The van der Waals surface area contributed by atoms with E-state index >= 15 is 0 Å². The Morgan fingerprint density at radius 3 is 2.58 bits per heavy atom. The van der Waals surface area contributed by atoms with Gasteiger partial charge in [-0.25, -0.2) is 0 Å². The Morgan fingerprint density at radius 1 is 1.16 bits per heavy atom. The molecule has 2 N–H and O–H groups in total. The summed E-state index contributed by atoms with van der Waals surface area (Å²) >= 11 is 9.68. The standard InChI is InChI=1S/C15H15BrClNO/c1-9-3-6-14(19-2)12(7-9)15(18)11-8-10(16)4-5-13(11)17/h3-8,15H,18H2,1-2H3. The lowest BCUT2D eigenvalue weighted by Crippen LogP contribution is -2.14. The number of nitrogens with two attached hydrogens (primary N) is 1. The Labute approximate surface area is 126 Å². The van der Waals surface area contributed by atoms with Gasteiger partial charge >= 0.3 is 0 Å². The van der Waals surface area contributed by atoms with Crippen molar-refractivity contribution in [1.29, 1.82) is 0 Å². The second-order valence-corrected chi connectivity index (χ2v) is 5.71. The van der Waals surface area contributed by atoms with Gasteiger partial charge in [-0.1, -0.05) is 45.2 Å². The van der Waals surface area contributed by atoms with E-state index in [1.807, 2.05) is 43.3 Å². The van der Waals surface area contributed by atoms with Gasteiger partial charge in [0.25, 0.3) is 0 Å². The molecule has 19 heavy (non-hydrogen) atoms. The summed E-state index contributed by atoms with van der Waals surface area (Å²) in [5.41, 5.74) is 9.29. The Kier molecular flexibility index (Phi) is 4.50. The van der Waals surface area contributed by atoms with E-state index in [1.165, 1.54) is 0 Å². The highest BCUT2D eigenvalue weighted by molar-refractivity contribution is 9.10. The van der Waals surface area contributed by atoms with Crippen molar-refractivity contribution in [2.45, 2.75) is 13.0 Å². The molecule has 2 nitrogen and oxygen atoms in total. The van der Waals surface area contributed by atoms with Crippen molar-refractivity contribution in [1.82, 2.24) is 0 Å². The van der Waals surface area contributed by atoms with Crippen LogP contribution < -0.4 is 10.5 Å². The Morgan fingerprint density at radius 2 is 1.89 bits per heavy atom. The van der Waals surface area contributed by atoms with Gasteiger partial charge in [0.05, 0.1) is 13.2 Å². The first-order valence-electron chi connectivity index (χ1n) is 5.88. The summed E-state index contributed by atoms with van der Waals surface area (Å²) in [5, 5.41) is 0.652. The lowest BCUT2D eigenvalue weighted by molar-refractivity contribution is 0.407. The topological polar surface area (TPSA) is 35.2 Å². The van der Waals surface area contributed by atoms with Gasteiger partial charge in [0, 0.05) is 15.1 Å². The smallest absolute Gasteiger partial charge is 0.123 e. The summed E-state index contributed by atoms with van der Waals surface area (Å²) in [6.07, 6.45) is 0. The minimum atomic E-state index is -0.320. The number of hydrogen-bond donors (Lipinski definition) is 1. The normalized spacial score (nSPS) is 12.3. The predicted molar refractivity (Wildman–Crippen MR) is 82.9 cm³/mol. The van der Waals surface area contributed by atoms with Gasteiger partial charge in [0.2, 0.25) is 0 Å². The average Bonchev–Trinajstić information content (AvgIpc) is 2.40. The van der Waals surface area contributed by atoms with E-state index in [1.54, 1.807) is 7.11 Å². The molecule has 2 aromatic rings. The Hall–Kier alpha value is -1.03. The van der Waals surface area contributed by atoms with Crippen LogP contribution in [0.15, 0.2) is 40.9 Å². The highest BCUT2D eigenvalue weighted by Crippen LogP contribution is 2.33. The monoisotopic (exact) mass is 339 g/mol. The van der Waals surface area contributed by atoms with Gasteiger partial charge in [-0.05, 0) is 36.8 Å². The third-order valence-electron chi connectivity index (χ3n) is 3.01. The lowest BCUT2D eigenvalue weighted by atomic mass is 9.97. The molecular weight excluding hydrogens is 326 g/mol. The molecule has 0 saturated carbocycles. The van der Waals surface area contributed by atoms with Crippen LogP contribution >= 0.6 is 27.5 Å². The molecule has 0 saturated heterocycles. The van der Waals surface area contributed by atoms with Gasteiger partial charge in [0.1, 0.15) is 5.75 Å². The summed E-state index contributed by atoms with van der Waals surface area (Å²) in [4.78, 5) is 0. The number of hydrogen-bond acceptors (Lipinski definition) is 2. The van der Waals surface area contributed by atoms with Crippen LogP contribution in [0.25, 0.3) is 0 Å². The van der Waals surface area contributed by atoms with Crippen LogP contribution in [0.1, 0.15) is 22.7 Å². The summed E-state index contributed by atoms with van der Waals surface area (Å²) in [6, 6.07) is 11.3. The molecule has 0 amide bonds. The van der Waals surface area contributed by atoms with Crippen molar-refractivity contribution >= 4 is 27.5 Å². The molecule has 1 unspecified atom stereocenters. The second kappa shape index (κ2) is 5.95. The zero-order valence-corrected chi connectivity index (χ0v) is 13.1. The lowest BCUT2D eigenvalue weighted by Gasteiger charge is -2.18. The first kappa shape index (κ1) is 14.4. The maximum Gasteiger partial charge on any atom is 0.123 e. The molecule has 0 bridgehead atoms. The molecule has 100 valence electrons. The maximum atomic E-state index is 6.35. The second-order valence-electron chi connectivity index (χ2n) is 4.39. The van der Waals surface area contributed by atoms with E-state index in [-0.39, 0.29) is 6.04 Å². The molecule has 0 heterocycles. The highest BCUT2D eigenvalue weighted by atomic mass is 79.9. The molecule has 1 atom stereocenters. The van der Waals surface area contributed by atoms with E-state index in [9.17, 15) is 0 Å². The van der Waals surface area contributed by atoms with Crippen LogP contribution in [0.2, 0.25) is 5.02 Å². The third kappa shape index (κ3) is 3.11. The molecule has 2 rings (SSSR count). The number of aryl methyl sites for hydroxylation is 1. The molecule has 0 fully saturated rings. The van der Waals surface area contributed by atoms with Crippen LogP contribution in [0, 0.1) is 6.92 Å². The van der Waals surface area contributed by atoms with Crippen LogP contribution in [-0.2, 0) is 0 Å². The van der Waals surface area contributed by atoms with Crippen molar-refractivity contribution in [3.63, 3.8) is 0 Å². The van der Waals surface area contributed by atoms with Crippen molar-refractivity contribution < 1.29 is 4.74 Å². The van der Waals surface area contributed by atoms with Crippen LogP contribution in [0.5, 0.6) is 5.75 Å². The molecule has 4 heteroatoms. The zero-order chi connectivity index (χ0) is 14.0. The molecule has 0 aliphatic carbocycles. The van der Waals surface area contributed by atoms with Crippen LogP contribution in [-0.4, -0.2) is 7.11 Å². The molecule has 0 aliphatic rings. The van der Waals surface area contributed by atoms with Gasteiger partial charge in [-0.2, -0.15) is 0 Å². The van der Waals surface area contributed by atoms with Gasteiger partial charge in [-0.15, -0.1) is 0 Å². The van der Waals surface area contributed by atoms with Crippen molar-refractivity contribution in [2.24, 2.45) is 5.73 Å². The fourth-order valence-electron chi connectivity index (χ4n) is 2.02. The number of rotatable bonds is 3. The predicted octanol–water partition coefficient (Wildman–Crippen LogP) is 4.47. The van der Waals surface area contributed by atoms with Gasteiger partial charge < -0.3 is 10.5 Å². The van der Waals surface area contributed by atoms with E-state index in [0.29, 0.717) is 5.02 Å². The molecular formula is C15H15BrClNO. The van der Waals surface area contributed by atoms with Gasteiger partial charge in [0.15, 0.2) is 0 Å². The Balaban J connectivity index is 2.51. The van der Waals surface area contributed by atoms with Crippen molar-refractivity contribution in [2.75, 3.05) is 7.11 Å². The molecule has 0 aliphatic heterocycles. The molecule has 0 spiro atoms. The number of halogens is 2. The van der Waals surface area contributed by atoms with E-state index in [4.69, 9.17) is 22.1 Å². The van der Waals surface area contributed by atoms with Gasteiger partial charge in [-0.3, -0.25) is 0 Å². The highest BCUT2D eigenvalue weighted by Gasteiger charge is 2.17. The number of benzene rings is 2. The molecule has 0 aromatic heterocycles. The number of ether oxygens (including phenoxy) is 1. The van der Waals surface area contributed by atoms with E-state index in [0.717, 1.165) is 26.9 Å². The third-order valence-corrected chi connectivity index (χ3v) is 3.85. The summed E-state index contributed by atoms with van der Waals surface area (Å²) in [6.45, 7) is 2.03. The zero-order valence-electron chi connectivity index (χ0n) is 10.8. The largest absolute Gasteiger partial charge is 0.496 e. The van der Waals surface area contributed by atoms with E-state index in [2.05, 4.69) is 15.9 Å². The van der Waals surface area contributed by atoms with E-state index < -0.39 is 0 Å². The SMILES string of the molecule is COc1ccc(C)cc1C(N)c1cc(Br)ccc1Cl. The first-order chi connectivity index (χ1) is 9.02. The van der Waals surface area contributed by atoms with Crippen molar-refractivity contribution in [3.8, 4) is 5.75 Å². The average molecular weight is 341 g/mol. The summed E-state index contributed by atoms with van der Waals surface area (Å²) in [5.74, 6) is 0.772. The minimum absolute atomic E-state index is 0.320. The number of methoxy groups -OCH3 is 1.